The highest BCUT2D eigenvalue weighted by molar-refractivity contribution is 7.81. The Labute approximate surface area is 367 Å². The molecule has 6 aromatic carbocycles. The van der Waals surface area contributed by atoms with Gasteiger partial charge in [0.2, 0.25) is 0 Å². The van der Waals surface area contributed by atoms with Gasteiger partial charge in [0.1, 0.15) is 0 Å². The van der Waals surface area contributed by atoms with E-state index in [-0.39, 0.29) is 34.1 Å². The Morgan fingerprint density at radius 1 is 0.387 bits per heavy atom. The van der Waals surface area contributed by atoms with Crippen LogP contribution in [0.25, 0.3) is 11.1 Å². The molecule has 322 valence electrons. The molecule has 0 bridgehead atoms. The molecule has 12 heteroatoms. The Morgan fingerprint density at radius 3 is 0.871 bits per heavy atom. The van der Waals surface area contributed by atoms with E-state index in [1.807, 2.05) is 72.8 Å². The van der Waals surface area contributed by atoms with Gasteiger partial charge in [0.05, 0.1) is 16.1 Å². The lowest BCUT2D eigenvalue weighted by Gasteiger charge is -2.34. The molecule has 2 aliphatic heterocycles. The Bertz CT molecular complexity index is 2250. The average Bonchev–Trinajstić information content (AvgIpc) is 3.81. The van der Waals surface area contributed by atoms with E-state index in [1.54, 1.807) is 0 Å². The Morgan fingerprint density at radius 2 is 0.629 bits per heavy atom. The number of rotatable bonds is 15. The molecule has 8 rings (SSSR count). The molecule has 6 aromatic rings. The SMILES string of the molecule is CC[Si](CC)(CC)c1cc(P(c2ccccc2)c2ccccc2)c(-c2c(P(c3ccccc3)c3ccccc3)cc([Si](CC)(CC)CC)c3c2OC(F)(F)O3)c2c1OC(F)(F)O2. The van der Waals surface area contributed by atoms with Crippen molar-refractivity contribution < 1.29 is 36.5 Å². The van der Waals surface area contributed by atoms with Crippen LogP contribution in [0, 0.1) is 0 Å². The fraction of sp³-hybridized carbons (Fsp3) is 0.280. The lowest BCUT2D eigenvalue weighted by atomic mass is 10.0. The van der Waals surface area contributed by atoms with Crippen LogP contribution in [-0.2, 0) is 0 Å². The summed E-state index contributed by atoms with van der Waals surface area (Å²) in [5.41, 5.74) is 0.530. The molecule has 62 heavy (non-hydrogen) atoms. The van der Waals surface area contributed by atoms with Gasteiger partial charge >= 0.3 is 12.6 Å². The predicted octanol–water partition coefficient (Wildman–Crippen LogP) is 10.9. The van der Waals surface area contributed by atoms with Gasteiger partial charge in [0.25, 0.3) is 0 Å². The van der Waals surface area contributed by atoms with Crippen LogP contribution in [0.5, 0.6) is 23.0 Å². The second-order valence-electron chi connectivity index (χ2n) is 16.0. The standard InChI is InChI=1S/C50H52F4O4P2Si2/c1-7-61(8-2,9-3)41-33-39(59(35-25-17-13-18-26-35)36-27-19-14-20-28-36)43(47-45(41)55-49(51,52)57-47)44-40(60(37-29-21-15-22-30-37)38-31-23-16-24-32-38)34-42(62(10-4,11-5)12-6)46-48(44)58-50(53,54)56-46/h13-34H,7-12H2,1-6H3. The van der Waals surface area contributed by atoms with Gasteiger partial charge in [-0.05, 0) is 58.0 Å². The summed E-state index contributed by atoms with van der Waals surface area (Å²) in [5, 5.41) is 6.75. The monoisotopic (exact) mass is 910 g/mol. The van der Waals surface area contributed by atoms with Crippen LogP contribution in [-0.4, -0.2) is 28.7 Å². The number of fused-ring (bicyclic) bond motifs is 2. The van der Waals surface area contributed by atoms with Crippen molar-refractivity contribution in [2.24, 2.45) is 0 Å². The van der Waals surface area contributed by atoms with Crippen LogP contribution in [0.15, 0.2) is 133 Å². The van der Waals surface area contributed by atoms with Crippen molar-refractivity contribution in [3.8, 4) is 34.1 Å². The first kappa shape index (κ1) is 44.2. The zero-order valence-electron chi connectivity index (χ0n) is 36.0. The summed E-state index contributed by atoms with van der Waals surface area (Å²) in [5.74, 6) is -0.324. The zero-order valence-corrected chi connectivity index (χ0v) is 39.8. The third kappa shape index (κ3) is 7.80. The van der Waals surface area contributed by atoms with Crippen molar-refractivity contribution in [2.45, 2.75) is 90.4 Å². The number of ether oxygens (including phenoxy) is 4. The third-order valence-corrected chi connectivity index (χ3v) is 29.4. The highest BCUT2D eigenvalue weighted by atomic mass is 31.1. The molecule has 0 amide bonds. The van der Waals surface area contributed by atoms with E-state index in [1.165, 1.54) is 0 Å². The summed E-state index contributed by atoms with van der Waals surface area (Å²) in [6.45, 7) is 12.7. The minimum Gasteiger partial charge on any atom is -0.395 e. The van der Waals surface area contributed by atoms with Gasteiger partial charge in [-0.15, -0.1) is 17.6 Å². The molecule has 0 saturated carbocycles. The summed E-state index contributed by atoms with van der Waals surface area (Å²) in [6.07, 6.45) is -8.05. The van der Waals surface area contributed by atoms with E-state index >= 15 is 17.6 Å². The van der Waals surface area contributed by atoms with Crippen molar-refractivity contribution in [2.75, 3.05) is 0 Å². The first-order valence-electron chi connectivity index (χ1n) is 21.6. The van der Waals surface area contributed by atoms with Crippen molar-refractivity contribution >= 4 is 74.2 Å². The molecule has 0 fully saturated rings. The fourth-order valence-corrected chi connectivity index (χ4v) is 22.3. The first-order chi connectivity index (χ1) is 29.9. The van der Waals surface area contributed by atoms with Crippen molar-refractivity contribution in [1.82, 2.24) is 0 Å². The molecule has 0 atom stereocenters. The van der Waals surface area contributed by atoms with E-state index in [9.17, 15) is 0 Å². The van der Waals surface area contributed by atoms with Gasteiger partial charge in [-0.1, -0.05) is 211 Å². The Hall–Kier alpha value is -4.47. The lowest BCUT2D eigenvalue weighted by Crippen LogP contribution is -2.48. The summed E-state index contributed by atoms with van der Waals surface area (Å²) < 4.78 is 88.0. The minimum absolute atomic E-state index is 0.0142. The molecule has 4 nitrogen and oxygen atoms in total. The quantitative estimate of drug-likeness (QED) is 0.0584. The van der Waals surface area contributed by atoms with Crippen LogP contribution >= 0.6 is 15.8 Å². The van der Waals surface area contributed by atoms with E-state index in [4.69, 9.17) is 18.9 Å². The maximum absolute atomic E-state index is 16.2. The molecule has 2 heterocycles. The topological polar surface area (TPSA) is 36.9 Å². The number of benzene rings is 6. The molecule has 0 saturated heterocycles. The van der Waals surface area contributed by atoms with E-state index in [2.05, 4.69) is 102 Å². The van der Waals surface area contributed by atoms with Gasteiger partial charge < -0.3 is 18.9 Å². The van der Waals surface area contributed by atoms with Gasteiger partial charge in [0, 0.05) is 11.1 Å². The number of halogens is 4. The first-order valence-corrected chi connectivity index (χ1v) is 29.6. The second kappa shape index (κ2) is 17.6. The fourth-order valence-electron chi connectivity index (χ4n) is 9.60. The maximum Gasteiger partial charge on any atom is 0.586 e. The largest absolute Gasteiger partial charge is 0.586 e. The highest BCUT2D eigenvalue weighted by Crippen LogP contribution is 2.57. The summed E-state index contributed by atoms with van der Waals surface area (Å²) in [4.78, 5) is 0. The second-order valence-corrected chi connectivity index (χ2v) is 30.8. The average molecular weight is 911 g/mol. The van der Waals surface area contributed by atoms with Crippen LogP contribution in [0.2, 0.25) is 36.3 Å². The van der Waals surface area contributed by atoms with Crippen LogP contribution in [0.1, 0.15) is 41.5 Å². The van der Waals surface area contributed by atoms with Gasteiger partial charge in [-0.25, -0.2) is 0 Å². The molecule has 0 unspecified atom stereocenters. The highest BCUT2D eigenvalue weighted by Gasteiger charge is 2.54. The van der Waals surface area contributed by atoms with Crippen LogP contribution in [0.4, 0.5) is 17.6 Å². The van der Waals surface area contributed by atoms with Crippen LogP contribution < -0.4 is 61.1 Å². The van der Waals surface area contributed by atoms with E-state index in [0.29, 0.717) is 10.6 Å². The van der Waals surface area contributed by atoms with Crippen molar-refractivity contribution in [3.05, 3.63) is 133 Å². The normalized spacial score (nSPS) is 15.1. The Kier molecular flexibility index (Phi) is 12.5. The van der Waals surface area contributed by atoms with E-state index in [0.717, 1.165) is 67.9 Å². The van der Waals surface area contributed by atoms with Gasteiger partial charge in [-0.3, -0.25) is 0 Å². The van der Waals surface area contributed by atoms with Gasteiger partial charge in [0.15, 0.2) is 23.0 Å². The molecule has 0 aliphatic carbocycles. The van der Waals surface area contributed by atoms with E-state index < -0.39 is 44.6 Å². The molecule has 2 aliphatic rings. The molecule has 0 aromatic heterocycles. The summed E-state index contributed by atoms with van der Waals surface area (Å²) in [7, 11) is -8.17. The van der Waals surface area contributed by atoms with Crippen molar-refractivity contribution in [1.29, 1.82) is 0 Å². The number of hydrogen-bond acceptors (Lipinski definition) is 4. The minimum atomic E-state index is -4.02. The summed E-state index contributed by atoms with van der Waals surface area (Å²) >= 11 is 0. The zero-order chi connectivity index (χ0) is 43.9. The smallest absolute Gasteiger partial charge is 0.395 e. The molecule has 0 spiro atoms. The molecular formula is C50H52F4O4P2Si2. The maximum atomic E-state index is 16.2. The molecule has 0 N–H and O–H groups in total. The number of alkyl halides is 4. The lowest BCUT2D eigenvalue weighted by molar-refractivity contribution is -0.287. The third-order valence-electron chi connectivity index (χ3n) is 13.3. The number of hydrogen-bond donors (Lipinski definition) is 0. The van der Waals surface area contributed by atoms with Gasteiger partial charge in [-0.2, -0.15) is 0 Å². The van der Waals surface area contributed by atoms with Crippen molar-refractivity contribution in [3.63, 3.8) is 0 Å². The molecule has 0 radical (unpaired) electrons. The predicted molar refractivity (Wildman–Crippen MR) is 255 cm³/mol. The van der Waals surface area contributed by atoms with Crippen LogP contribution in [0.3, 0.4) is 0 Å². The Balaban J connectivity index is 1.64. The molecular weight excluding hydrogens is 859 g/mol. The summed E-state index contributed by atoms with van der Waals surface area (Å²) in [6, 6.07) is 48.9.